The monoisotopic (exact) mass is 354 g/mol. The molecule has 3 rings (SSSR count). The highest BCUT2D eigenvalue weighted by atomic mass is 16.5. The molecule has 0 spiro atoms. The molecule has 0 atom stereocenters. The highest BCUT2D eigenvalue weighted by molar-refractivity contribution is 6.06. The van der Waals surface area contributed by atoms with Crippen LogP contribution in [-0.2, 0) is 4.79 Å². The average Bonchev–Trinajstić information content (AvgIpc) is 3.22. The summed E-state index contributed by atoms with van der Waals surface area (Å²) in [4.78, 5) is 26.2. The molecule has 2 aromatic carbocycles. The Bertz CT molecular complexity index is 768. The zero-order valence-corrected chi connectivity index (χ0v) is 14.7. The van der Waals surface area contributed by atoms with E-state index in [0.717, 1.165) is 25.9 Å². The predicted molar refractivity (Wildman–Crippen MR) is 98.7 cm³/mol. The van der Waals surface area contributed by atoms with Gasteiger partial charge in [0, 0.05) is 18.8 Å². The fraction of sp³-hybridized carbons (Fsp3) is 0.300. The zero-order chi connectivity index (χ0) is 18.4. The van der Waals surface area contributed by atoms with Crippen molar-refractivity contribution in [1.29, 1.82) is 0 Å². The number of para-hydroxylation sites is 1. The lowest BCUT2D eigenvalue weighted by Gasteiger charge is -2.15. The molecule has 1 heterocycles. The first-order valence-corrected chi connectivity index (χ1v) is 8.62. The van der Waals surface area contributed by atoms with Gasteiger partial charge in [0.05, 0.1) is 12.7 Å². The lowest BCUT2D eigenvalue weighted by Crippen LogP contribution is -2.32. The van der Waals surface area contributed by atoms with E-state index < -0.39 is 0 Å². The number of ether oxygens (including phenoxy) is 2. The molecule has 1 saturated heterocycles. The van der Waals surface area contributed by atoms with Crippen LogP contribution in [0.4, 0.5) is 5.69 Å². The third kappa shape index (κ3) is 4.33. The van der Waals surface area contributed by atoms with Gasteiger partial charge in [0.25, 0.3) is 11.8 Å². The Labute approximate surface area is 152 Å². The van der Waals surface area contributed by atoms with E-state index in [9.17, 15) is 9.59 Å². The number of rotatable bonds is 6. The molecule has 2 amide bonds. The van der Waals surface area contributed by atoms with Gasteiger partial charge in [-0.2, -0.15) is 0 Å². The summed E-state index contributed by atoms with van der Waals surface area (Å²) in [7, 11) is 1.53. The Morgan fingerprint density at radius 2 is 1.73 bits per heavy atom. The number of carbonyl (C=O) groups excluding carboxylic acids is 2. The standard InChI is InChI=1S/C20H22N2O4/c1-25-18-7-3-2-6-17(18)20(24)21-15-8-10-16(11-9-15)26-14-19(23)22-12-4-5-13-22/h2-3,6-11H,4-5,12-14H2,1H3,(H,21,24). The maximum absolute atomic E-state index is 12.4. The minimum absolute atomic E-state index is 0.0102. The molecule has 26 heavy (non-hydrogen) atoms. The molecule has 0 aliphatic carbocycles. The Balaban J connectivity index is 1.55. The lowest BCUT2D eigenvalue weighted by atomic mass is 10.2. The van der Waals surface area contributed by atoms with E-state index in [4.69, 9.17) is 9.47 Å². The summed E-state index contributed by atoms with van der Waals surface area (Å²) in [5.41, 5.74) is 1.10. The quantitative estimate of drug-likeness (QED) is 0.866. The van der Waals surface area contributed by atoms with Gasteiger partial charge >= 0.3 is 0 Å². The molecule has 0 radical (unpaired) electrons. The van der Waals surface area contributed by atoms with Crippen LogP contribution in [0.1, 0.15) is 23.2 Å². The third-order valence-electron chi connectivity index (χ3n) is 4.28. The van der Waals surface area contributed by atoms with Gasteiger partial charge in [-0.15, -0.1) is 0 Å². The van der Waals surface area contributed by atoms with Crippen LogP contribution in [0.25, 0.3) is 0 Å². The number of amides is 2. The first-order chi connectivity index (χ1) is 12.7. The molecule has 1 aliphatic heterocycles. The van der Waals surface area contributed by atoms with Gasteiger partial charge in [-0.3, -0.25) is 9.59 Å². The van der Waals surface area contributed by atoms with E-state index in [2.05, 4.69) is 5.32 Å². The molecule has 0 aromatic heterocycles. The number of benzene rings is 2. The van der Waals surface area contributed by atoms with Gasteiger partial charge in [-0.05, 0) is 49.2 Å². The molecule has 2 aromatic rings. The molecule has 1 aliphatic rings. The van der Waals surface area contributed by atoms with Gasteiger partial charge in [-0.25, -0.2) is 0 Å². The minimum atomic E-state index is -0.250. The van der Waals surface area contributed by atoms with Crippen molar-refractivity contribution in [3.63, 3.8) is 0 Å². The number of anilines is 1. The summed E-state index contributed by atoms with van der Waals surface area (Å²) in [5.74, 6) is 0.870. The Hall–Kier alpha value is -3.02. The van der Waals surface area contributed by atoms with Crippen molar-refractivity contribution in [1.82, 2.24) is 4.90 Å². The molecule has 1 fully saturated rings. The molecule has 6 heteroatoms. The van der Waals surface area contributed by atoms with Crippen LogP contribution in [-0.4, -0.2) is 43.5 Å². The Morgan fingerprint density at radius 3 is 2.42 bits per heavy atom. The van der Waals surface area contributed by atoms with E-state index in [1.165, 1.54) is 7.11 Å². The molecule has 0 unspecified atom stereocenters. The van der Waals surface area contributed by atoms with Crippen molar-refractivity contribution in [2.45, 2.75) is 12.8 Å². The number of nitrogens with zero attached hydrogens (tertiary/aromatic N) is 1. The summed E-state index contributed by atoms with van der Waals surface area (Å²) in [5, 5.41) is 2.82. The van der Waals surface area contributed by atoms with Crippen LogP contribution >= 0.6 is 0 Å². The first-order valence-electron chi connectivity index (χ1n) is 8.62. The van der Waals surface area contributed by atoms with E-state index in [1.807, 2.05) is 11.0 Å². The van der Waals surface area contributed by atoms with Crippen molar-refractivity contribution in [3.05, 3.63) is 54.1 Å². The van der Waals surface area contributed by atoms with E-state index in [1.54, 1.807) is 42.5 Å². The molecule has 6 nitrogen and oxygen atoms in total. The first kappa shape index (κ1) is 17.8. The second-order valence-corrected chi connectivity index (χ2v) is 6.06. The molecule has 136 valence electrons. The van der Waals surface area contributed by atoms with Crippen LogP contribution in [0.5, 0.6) is 11.5 Å². The summed E-state index contributed by atoms with van der Waals surface area (Å²) < 4.78 is 10.7. The molecule has 0 bridgehead atoms. The van der Waals surface area contributed by atoms with Crippen LogP contribution < -0.4 is 14.8 Å². The Kier molecular flexibility index (Phi) is 5.73. The number of likely N-dealkylation sites (tertiary alicyclic amines) is 1. The van der Waals surface area contributed by atoms with E-state index in [0.29, 0.717) is 22.7 Å². The topological polar surface area (TPSA) is 67.9 Å². The number of hydrogen-bond donors (Lipinski definition) is 1. The zero-order valence-electron chi connectivity index (χ0n) is 14.7. The van der Waals surface area contributed by atoms with Crippen molar-refractivity contribution >= 4 is 17.5 Å². The third-order valence-corrected chi connectivity index (χ3v) is 4.28. The van der Waals surface area contributed by atoms with Crippen LogP contribution in [0.2, 0.25) is 0 Å². The molecule has 1 N–H and O–H groups in total. The number of carbonyl (C=O) groups is 2. The van der Waals surface area contributed by atoms with Gasteiger partial charge in [0.2, 0.25) is 0 Å². The number of hydrogen-bond acceptors (Lipinski definition) is 4. The Morgan fingerprint density at radius 1 is 1.04 bits per heavy atom. The second kappa shape index (κ2) is 8.38. The summed E-state index contributed by atoms with van der Waals surface area (Å²) in [6, 6.07) is 14.0. The van der Waals surface area contributed by atoms with Crippen LogP contribution in [0, 0.1) is 0 Å². The maximum atomic E-state index is 12.4. The summed E-state index contributed by atoms with van der Waals surface area (Å²) >= 11 is 0. The van der Waals surface area contributed by atoms with Crippen molar-refractivity contribution in [2.75, 3.05) is 32.1 Å². The second-order valence-electron chi connectivity index (χ2n) is 6.06. The van der Waals surface area contributed by atoms with Crippen LogP contribution in [0.15, 0.2) is 48.5 Å². The smallest absolute Gasteiger partial charge is 0.260 e. The van der Waals surface area contributed by atoms with Gasteiger partial charge in [-0.1, -0.05) is 12.1 Å². The predicted octanol–water partition coefficient (Wildman–Crippen LogP) is 2.95. The fourth-order valence-corrected chi connectivity index (χ4v) is 2.87. The van der Waals surface area contributed by atoms with E-state index in [-0.39, 0.29) is 18.4 Å². The van der Waals surface area contributed by atoms with Gasteiger partial charge < -0.3 is 19.7 Å². The molecule has 0 saturated carbocycles. The lowest BCUT2D eigenvalue weighted by molar-refractivity contribution is -0.132. The highest BCUT2D eigenvalue weighted by Gasteiger charge is 2.18. The summed E-state index contributed by atoms with van der Waals surface area (Å²) in [6.07, 6.45) is 2.12. The largest absolute Gasteiger partial charge is 0.496 e. The van der Waals surface area contributed by atoms with Gasteiger partial charge in [0.1, 0.15) is 11.5 Å². The highest BCUT2D eigenvalue weighted by Crippen LogP contribution is 2.21. The van der Waals surface area contributed by atoms with Crippen molar-refractivity contribution in [2.24, 2.45) is 0 Å². The van der Waals surface area contributed by atoms with Crippen LogP contribution in [0.3, 0.4) is 0 Å². The SMILES string of the molecule is COc1ccccc1C(=O)Nc1ccc(OCC(=O)N2CCCC2)cc1. The molecular weight excluding hydrogens is 332 g/mol. The molecular formula is C20H22N2O4. The van der Waals surface area contributed by atoms with Gasteiger partial charge in [0.15, 0.2) is 6.61 Å². The van der Waals surface area contributed by atoms with Crippen molar-refractivity contribution in [3.8, 4) is 11.5 Å². The minimum Gasteiger partial charge on any atom is -0.496 e. The number of methoxy groups -OCH3 is 1. The van der Waals surface area contributed by atoms with Crippen molar-refractivity contribution < 1.29 is 19.1 Å². The van der Waals surface area contributed by atoms with E-state index >= 15 is 0 Å². The normalized spacial score (nSPS) is 13.3. The maximum Gasteiger partial charge on any atom is 0.260 e. The number of nitrogens with one attached hydrogen (secondary N) is 1. The average molecular weight is 354 g/mol. The summed E-state index contributed by atoms with van der Waals surface area (Å²) in [6.45, 7) is 1.67. The fourth-order valence-electron chi connectivity index (χ4n) is 2.87.